The molecule has 0 aliphatic heterocycles. The van der Waals surface area contributed by atoms with Crippen LogP contribution in [-0.2, 0) is 6.42 Å². The van der Waals surface area contributed by atoms with Crippen molar-refractivity contribution in [2.75, 3.05) is 0 Å². The monoisotopic (exact) mass is 301 g/mol. The molecule has 15 heavy (non-hydrogen) atoms. The number of benzene rings is 1. The highest BCUT2D eigenvalue weighted by atomic mass is 79.9. The predicted molar refractivity (Wildman–Crippen MR) is 68.9 cm³/mol. The van der Waals surface area contributed by atoms with Gasteiger partial charge in [0.1, 0.15) is 0 Å². The molecule has 1 atom stereocenters. The van der Waals surface area contributed by atoms with Crippen LogP contribution in [0.2, 0.25) is 5.02 Å². The lowest BCUT2D eigenvalue weighted by molar-refractivity contribution is 0.965. The SMILES string of the molecule is Clc1ccccc1CC(Br)c1cncs1. The molecule has 0 spiro atoms. The molecule has 4 heteroatoms. The van der Waals surface area contributed by atoms with Crippen molar-refractivity contribution in [1.82, 2.24) is 4.98 Å². The van der Waals surface area contributed by atoms with Crippen molar-refractivity contribution in [1.29, 1.82) is 0 Å². The van der Waals surface area contributed by atoms with Crippen molar-refractivity contribution in [2.24, 2.45) is 0 Å². The average molecular weight is 303 g/mol. The summed E-state index contributed by atoms with van der Waals surface area (Å²) >= 11 is 11.4. The van der Waals surface area contributed by atoms with E-state index in [4.69, 9.17) is 11.6 Å². The second kappa shape index (κ2) is 5.10. The van der Waals surface area contributed by atoms with Gasteiger partial charge in [0, 0.05) is 16.1 Å². The molecule has 1 aromatic heterocycles. The molecule has 0 aliphatic carbocycles. The number of hydrogen-bond donors (Lipinski definition) is 0. The Morgan fingerprint density at radius 3 is 2.87 bits per heavy atom. The van der Waals surface area contributed by atoms with Crippen molar-refractivity contribution in [3.8, 4) is 0 Å². The van der Waals surface area contributed by atoms with Crippen LogP contribution in [0.15, 0.2) is 36.0 Å². The maximum atomic E-state index is 6.10. The zero-order chi connectivity index (χ0) is 10.7. The average Bonchev–Trinajstić information content (AvgIpc) is 2.74. The van der Waals surface area contributed by atoms with Crippen molar-refractivity contribution in [3.63, 3.8) is 0 Å². The van der Waals surface area contributed by atoms with Gasteiger partial charge in [-0.05, 0) is 18.1 Å². The number of nitrogens with zero attached hydrogens (tertiary/aromatic N) is 1. The zero-order valence-corrected chi connectivity index (χ0v) is 11.0. The van der Waals surface area contributed by atoms with Crippen LogP contribution >= 0.6 is 38.9 Å². The Morgan fingerprint density at radius 2 is 2.20 bits per heavy atom. The van der Waals surface area contributed by atoms with Crippen LogP contribution in [0.1, 0.15) is 15.3 Å². The largest absolute Gasteiger partial charge is 0.253 e. The Balaban J connectivity index is 2.13. The quantitative estimate of drug-likeness (QED) is 0.762. The molecule has 2 rings (SSSR count). The highest BCUT2D eigenvalue weighted by Gasteiger charge is 2.11. The van der Waals surface area contributed by atoms with Crippen LogP contribution in [0.5, 0.6) is 0 Å². The maximum Gasteiger partial charge on any atom is 0.0794 e. The molecule has 0 aliphatic rings. The van der Waals surface area contributed by atoms with E-state index >= 15 is 0 Å². The third-order valence-electron chi connectivity index (χ3n) is 2.12. The van der Waals surface area contributed by atoms with Gasteiger partial charge >= 0.3 is 0 Å². The van der Waals surface area contributed by atoms with E-state index in [1.165, 1.54) is 4.88 Å². The first-order valence-electron chi connectivity index (χ1n) is 4.53. The van der Waals surface area contributed by atoms with Gasteiger partial charge in [-0.15, -0.1) is 11.3 Å². The normalized spacial score (nSPS) is 12.7. The molecule has 0 saturated heterocycles. The van der Waals surface area contributed by atoms with E-state index in [2.05, 4.69) is 27.0 Å². The topological polar surface area (TPSA) is 12.9 Å². The molecule has 0 N–H and O–H groups in total. The summed E-state index contributed by atoms with van der Waals surface area (Å²) in [4.78, 5) is 5.59. The van der Waals surface area contributed by atoms with E-state index < -0.39 is 0 Å². The van der Waals surface area contributed by atoms with Crippen molar-refractivity contribution in [2.45, 2.75) is 11.2 Å². The van der Waals surface area contributed by atoms with Crippen LogP contribution in [0.3, 0.4) is 0 Å². The summed E-state index contributed by atoms with van der Waals surface area (Å²) in [6.45, 7) is 0. The lowest BCUT2D eigenvalue weighted by Crippen LogP contribution is -1.93. The number of aromatic nitrogens is 1. The molecular weight excluding hydrogens is 294 g/mol. The molecule has 1 aromatic carbocycles. The fraction of sp³-hybridized carbons (Fsp3) is 0.182. The van der Waals surface area contributed by atoms with E-state index in [9.17, 15) is 0 Å². The van der Waals surface area contributed by atoms with Gasteiger partial charge in [-0.2, -0.15) is 0 Å². The predicted octanol–water partition coefficient (Wildman–Crippen LogP) is 4.48. The summed E-state index contributed by atoms with van der Waals surface area (Å²) in [5, 5.41) is 0.825. The van der Waals surface area contributed by atoms with Gasteiger partial charge in [0.05, 0.1) is 10.3 Å². The second-order valence-electron chi connectivity index (χ2n) is 3.17. The number of halogens is 2. The van der Waals surface area contributed by atoms with E-state index in [1.807, 2.05) is 29.9 Å². The molecule has 1 unspecified atom stereocenters. The van der Waals surface area contributed by atoms with Crippen LogP contribution in [0.4, 0.5) is 0 Å². The molecule has 2 aromatic rings. The number of rotatable bonds is 3. The summed E-state index contributed by atoms with van der Waals surface area (Å²) < 4.78 is 0. The van der Waals surface area contributed by atoms with Crippen molar-refractivity contribution in [3.05, 3.63) is 51.4 Å². The third-order valence-corrected chi connectivity index (χ3v) is 4.50. The maximum absolute atomic E-state index is 6.10. The lowest BCUT2D eigenvalue weighted by atomic mass is 10.1. The third kappa shape index (κ3) is 2.80. The second-order valence-corrected chi connectivity index (χ2v) is 5.60. The molecule has 0 amide bonds. The first kappa shape index (κ1) is 11.1. The minimum absolute atomic E-state index is 0.296. The first-order chi connectivity index (χ1) is 7.27. The minimum atomic E-state index is 0.296. The van der Waals surface area contributed by atoms with Gasteiger partial charge in [-0.25, -0.2) is 0 Å². The van der Waals surface area contributed by atoms with Crippen molar-refractivity contribution >= 4 is 38.9 Å². The van der Waals surface area contributed by atoms with Gasteiger partial charge in [0.25, 0.3) is 0 Å². The Morgan fingerprint density at radius 1 is 1.40 bits per heavy atom. The Labute approximate surface area is 106 Å². The molecule has 0 fully saturated rings. The van der Waals surface area contributed by atoms with Gasteiger partial charge in [-0.3, -0.25) is 4.98 Å². The van der Waals surface area contributed by atoms with E-state index in [0.29, 0.717) is 4.83 Å². The molecule has 1 nitrogen and oxygen atoms in total. The van der Waals surface area contributed by atoms with Gasteiger partial charge in [-0.1, -0.05) is 45.7 Å². The van der Waals surface area contributed by atoms with Crippen LogP contribution in [0, 0.1) is 0 Å². The van der Waals surface area contributed by atoms with Gasteiger partial charge < -0.3 is 0 Å². The summed E-state index contributed by atoms with van der Waals surface area (Å²) in [5.74, 6) is 0. The minimum Gasteiger partial charge on any atom is -0.253 e. The summed E-state index contributed by atoms with van der Waals surface area (Å²) in [6.07, 6.45) is 2.78. The number of hydrogen-bond acceptors (Lipinski definition) is 2. The smallest absolute Gasteiger partial charge is 0.0794 e. The number of thiazole rings is 1. The zero-order valence-electron chi connectivity index (χ0n) is 7.86. The van der Waals surface area contributed by atoms with E-state index in [1.54, 1.807) is 11.3 Å². The van der Waals surface area contributed by atoms with E-state index in [0.717, 1.165) is 17.0 Å². The standard InChI is InChI=1S/C11H9BrClNS/c12-9(11-6-14-7-15-11)5-8-3-1-2-4-10(8)13/h1-4,6-7,9H,5H2. The van der Waals surface area contributed by atoms with Crippen LogP contribution in [0.25, 0.3) is 0 Å². The Bertz CT molecular complexity index is 430. The molecule has 0 radical (unpaired) electrons. The molecule has 1 heterocycles. The Hall–Kier alpha value is -0.380. The Kier molecular flexibility index (Phi) is 3.78. The van der Waals surface area contributed by atoms with E-state index in [-0.39, 0.29) is 0 Å². The summed E-state index contributed by atoms with van der Waals surface area (Å²) in [7, 11) is 0. The van der Waals surface area contributed by atoms with Crippen molar-refractivity contribution < 1.29 is 0 Å². The molecular formula is C11H9BrClNS. The number of alkyl halides is 1. The lowest BCUT2D eigenvalue weighted by Gasteiger charge is -2.08. The fourth-order valence-electron chi connectivity index (χ4n) is 1.34. The summed E-state index contributed by atoms with van der Waals surface area (Å²) in [5.41, 5.74) is 3.00. The van der Waals surface area contributed by atoms with Gasteiger partial charge in [0.2, 0.25) is 0 Å². The molecule has 78 valence electrons. The highest BCUT2D eigenvalue weighted by molar-refractivity contribution is 9.09. The van der Waals surface area contributed by atoms with Gasteiger partial charge in [0.15, 0.2) is 0 Å². The molecule has 0 saturated carbocycles. The summed E-state index contributed by atoms with van der Waals surface area (Å²) in [6, 6.07) is 7.93. The fourth-order valence-corrected chi connectivity index (χ4v) is 2.94. The molecule has 0 bridgehead atoms. The first-order valence-corrected chi connectivity index (χ1v) is 6.70. The van der Waals surface area contributed by atoms with Crippen LogP contribution < -0.4 is 0 Å². The van der Waals surface area contributed by atoms with Crippen LogP contribution in [-0.4, -0.2) is 4.98 Å². The highest BCUT2D eigenvalue weighted by Crippen LogP contribution is 2.31.